The molecule has 1 atom stereocenters. The van der Waals surface area contributed by atoms with E-state index in [1.165, 1.54) is 12.0 Å². The van der Waals surface area contributed by atoms with Gasteiger partial charge in [-0.25, -0.2) is 4.79 Å². The Labute approximate surface area is 198 Å². The number of nitrogens with zero attached hydrogens (tertiary/aromatic N) is 1. The monoisotopic (exact) mass is 465 g/mol. The summed E-state index contributed by atoms with van der Waals surface area (Å²) >= 11 is 0. The second kappa shape index (κ2) is 11.3. The second-order valence-corrected chi connectivity index (χ2v) is 7.58. The van der Waals surface area contributed by atoms with Gasteiger partial charge in [-0.2, -0.15) is 0 Å². The maximum absolute atomic E-state index is 13.0. The van der Waals surface area contributed by atoms with Crippen molar-refractivity contribution in [2.45, 2.75) is 12.5 Å². The molecule has 1 amide bonds. The third-order valence-corrected chi connectivity index (χ3v) is 5.43. The fourth-order valence-corrected chi connectivity index (χ4v) is 3.78. The average molecular weight is 466 g/mol. The Morgan fingerprint density at radius 2 is 1.71 bits per heavy atom. The van der Waals surface area contributed by atoms with E-state index in [-0.39, 0.29) is 17.9 Å². The molecule has 0 bridgehead atoms. The number of esters is 1. The van der Waals surface area contributed by atoms with Crippen molar-refractivity contribution in [1.82, 2.24) is 4.90 Å². The van der Waals surface area contributed by atoms with Gasteiger partial charge in [0.25, 0.3) is 11.7 Å². The molecule has 2 aromatic carbocycles. The van der Waals surface area contributed by atoms with E-state index < -0.39 is 23.7 Å². The van der Waals surface area contributed by atoms with Crippen LogP contribution < -0.4 is 4.74 Å². The Balaban J connectivity index is 2.04. The predicted molar refractivity (Wildman–Crippen MR) is 125 cm³/mol. The van der Waals surface area contributed by atoms with Crippen LogP contribution in [-0.2, 0) is 19.1 Å². The van der Waals surface area contributed by atoms with Gasteiger partial charge in [0, 0.05) is 25.8 Å². The van der Waals surface area contributed by atoms with Crippen molar-refractivity contribution in [3.8, 4) is 5.75 Å². The van der Waals surface area contributed by atoms with E-state index in [4.69, 9.17) is 14.2 Å². The SMILES string of the molecule is C=CCOc1ccc(C(O)=C2C(=O)C(=O)N(CCCOC)[C@@H]2c2ccc(C(=O)OC)cc2)cc1. The number of hydrogen-bond donors (Lipinski definition) is 1. The van der Waals surface area contributed by atoms with E-state index in [0.29, 0.717) is 42.1 Å². The smallest absolute Gasteiger partial charge is 0.337 e. The van der Waals surface area contributed by atoms with Crippen LogP contribution in [0.3, 0.4) is 0 Å². The van der Waals surface area contributed by atoms with Crippen molar-refractivity contribution in [1.29, 1.82) is 0 Å². The summed E-state index contributed by atoms with van der Waals surface area (Å²) in [6, 6.07) is 12.1. The number of carbonyl (C=O) groups is 3. The summed E-state index contributed by atoms with van der Waals surface area (Å²) in [5.41, 5.74) is 1.26. The van der Waals surface area contributed by atoms with E-state index in [2.05, 4.69) is 6.58 Å². The molecule has 0 aliphatic carbocycles. The lowest BCUT2D eigenvalue weighted by atomic mass is 9.94. The Hall–Kier alpha value is -3.91. The Bertz CT molecular complexity index is 1090. The summed E-state index contributed by atoms with van der Waals surface area (Å²) in [5, 5.41) is 11.1. The zero-order chi connectivity index (χ0) is 24.7. The maximum Gasteiger partial charge on any atom is 0.337 e. The zero-order valence-corrected chi connectivity index (χ0v) is 19.2. The first-order valence-corrected chi connectivity index (χ1v) is 10.7. The van der Waals surface area contributed by atoms with Gasteiger partial charge < -0.3 is 24.2 Å². The molecule has 8 nitrogen and oxygen atoms in total. The number of Topliss-reactive ketones (excluding diaryl/α,β-unsaturated/α-hetero) is 1. The lowest BCUT2D eigenvalue weighted by Crippen LogP contribution is -2.31. The standard InChI is InChI=1S/C26H27NO7/c1-4-15-34-20-12-10-18(11-13-20)23(28)21-22(17-6-8-19(9-7-17)26(31)33-3)27(14-5-16-32-2)25(30)24(21)29/h4,6-13,22,28H,1,5,14-16H2,2-3H3/t22-/m1/s1. The molecule has 0 radical (unpaired) electrons. The zero-order valence-electron chi connectivity index (χ0n) is 19.2. The minimum atomic E-state index is -0.819. The number of benzene rings is 2. The van der Waals surface area contributed by atoms with Crippen LogP contribution in [0.1, 0.15) is 33.9 Å². The van der Waals surface area contributed by atoms with Crippen LogP contribution in [0.15, 0.2) is 66.8 Å². The van der Waals surface area contributed by atoms with Crippen LogP contribution in [0.5, 0.6) is 5.75 Å². The average Bonchev–Trinajstić information content (AvgIpc) is 3.12. The number of hydrogen-bond acceptors (Lipinski definition) is 7. The Morgan fingerprint density at radius 1 is 1.06 bits per heavy atom. The molecule has 1 aliphatic heterocycles. The molecular formula is C26H27NO7. The molecule has 1 fully saturated rings. The highest BCUT2D eigenvalue weighted by molar-refractivity contribution is 6.46. The molecule has 178 valence electrons. The Morgan fingerprint density at radius 3 is 2.29 bits per heavy atom. The molecule has 0 aromatic heterocycles. The number of ether oxygens (including phenoxy) is 3. The van der Waals surface area contributed by atoms with Gasteiger partial charge in [0.05, 0.1) is 24.3 Å². The van der Waals surface area contributed by atoms with Crippen LogP contribution in [0, 0.1) is 0 Å². The molecule has 1 N–H and O–H groups in total. The minimum absolute atomic E-state index is 0.0204. The molecule has 0 unspecified atom stereocenters. The molecule has 3 rings (SSSR count). The quantitative estimate of drug-likeness (QED) is 0.143. The van der Waals surface area contributed by atoms with Crippen LogP contribution in [0.4, 0.5) is 0 Å². The van der Waals surface area contributed by atoms with Crippen molar-refractivity contribution in [2.75, 3.05) is 34.0 Å². The first-order chi connectivity index (χ1) is 16.4. The number of aliphatic hydroxyl groups excluding tert-OH is 1. The van der Waals surface area contributed by atoms with Crippen LogP contribution in [0.25, 0.3) is 5.76 Å². The topological polar surface area (TPSA) is 102 Å². The van der Waals surface area contributed by atoms with E-state index >= 15 is 0 Å². The van der Waals surface area contributed by atoms with Gasteiger partial charge >= 0.3 is 5.97 Å². The van der Waals surface area contributed by atoms with Crippen LogP contribution in [-0.4, -0.2) is 61.6 Å². The highest BCUT2D eigenvalue weighted by Crippen LogP contribution is 2.39. The van der Waals surface area contributed by atoms with Crippen molar-refractivity contribution in [2.24, 2.45) is 0 Å². The fourth-order valence-electron chi connectivity index (χ4n) is 3.78. The summed E-state index contributed by atoms with van der Waals surface area (Å²) in [4.78, 5) is 39.2. The number of methoxy groups -OCH3 is 2. The van der Waals surface area contributed by atoms with E-state index in [0.717, 1.165) is 0 Å². The number of likely N-dealkylation sites (tertiary alicyclic amines) is 1. The number of amides is 1. The number of aliphatic hydroxyl groups is 1. The minimum Gasteiger partial charge on any atom is -0.507 e. The second-order valence-electron chi connectivity index (χ2n) is 7.58. The third-order valence-electron chi connectivity index (χ3n) is 5.43. The summed E-state index contributed by atoms with van der Waals surface area (Å²) in [6.45, 7) is 4.60. The molecule has 8 heteroatoms. The van der Waals surface area contributed by atoms with Gasteiger partial charge in [0.15, 0.2) is 0 Å². The van der Waals surface area contributed by atoms with E-state index in [1.807, 2.05) is 0 Å². The lowest BCUT2D eigenvalue weighted by molar-refractivity contribution is -0.140. The predicted octanol–water partition coefficient (Wildman–Crippen LogP) is 3.50. The fraction of sp³-hybridized carbons (Fsp3) is 0.269. The van der Waals surface area contributed by atoms with Gasteiger partial charge in [0.2, 0.25) is 0 Å². The van der Waals surface area contributed by atoms with Crippen molar-refractivity contribution in [3.05, 3.63) is 83.4 Å². The molecule has 1 saturated heterocycles. The van der Waals surface area contributed by atoms with Crippen LogP contribution >= 0.6 is 0 Å². The molecule has 0 spiro atoms. The Kier molecular flexibility index (Phi) is 8.21. The number of carbonyl (C=O) groups excluding carboxylic acids is 3. The molecule has 1 aliphatic rings. The summed E-state index contributed by atoms with van der Waals surface area (Å²) in [6.07, 6.45) is 2.13. The van der Waals surface area contributed by atoms with Crippen LogP contribution in [0.2, 0.25) is 0 Å². The van der Waals surface area contributed by atoms with Crippen molar-refractivity contribution < 1.29 is 33.7 Å². The van der Waals surface area contributed by atoms with Gasteiger partial charge in [-0.1, -0.05) is 24.8 Å². The van der Waals surface area contributed by atoms with Gasteiger partial charge in [-0.05, 0) is 48.4 Å². The van der Waals surface area contributed by atoms with E-state index in [9.17, 15) is 19.5 Å². The largest absolute Gasteiger partial charge is 0.507 e. The summed E-state index contributed by atoms with van der Waals surface area (Å²) < 4.78 is 15.3. The lowest BCUT2D eigenvalue weighted by Gasteiger charge is -2.25. The normalized spacial score (nSPS) is 17.0. The molecular weight excluding hydrogens is 438 g/mol. The van der Waals surface area contributed by atoms with E-state index in [1.54, 1.807) is 61.7 Å². The molecule has 2 aromatic rings. The third kappa shape index (κ3) is 5.18. The molecule has 1 heterocycles. The van der Waals surface area contributed by atoms with Crippen molar-refractivity contribution >= 4 is 23.4 Å². The first kappa shape index (κ1) is 24.7. The number of rotatable bonds is 10. The van der Waals surface area contributed by atoms with Gasteiger partial charge in [-0.15, -0.1) is 0 Å². The highest BCUT2D eigenvalue weighted by Gasteiger charge is 2.45. The molecule has 0 saturated carbocycles. The first-order valence-electron chi connectivity index (χ1n) is 10.7. The number of ketones is 1. The molecule has 34 heavy (non-hydrogen) atoms. The maximum atomic E-state index is 13.0. The summed E-state index contributed by atoms with van der Waals surface area (Å²) in [7, 11) is 2.84. The summed E-state index contributed by atoms with van der Waals surface area (Å²) in [5.74, 6) is -1.69. The highest BCUT2D eigenvalue weighted by atomic mass is 16.5. The van der Waals surface area contributed by atoms with Crippen molar-refractivity contribution in [3.63, 3.8) is 0 Å². The van der Waals surface area contributed by atoms with Gasteiger partial charge in [-0.3, -0.25) is 9.59 Å². The van der Waals surface area contributed by atoms with Gasteiger partial charge in [0.1, 0.15) is 18.1 Å².